The summed E-state index contributed by atoms with van der Waals surface area (Å²) < 4.78 is 5.82. The van der Waals surface area contributed by atoms with Crippen molar-refractivity contribution in [1.82, 2.24) is 10.2 Å². The molecule has 5 nitrogen and oxygen atoms in total. The highest BCUT2D eigenvalue weighted by atomic mass is 35.5. The fraction of sp³-hybridized carbons (Fsp3) is 0.273. The lowest BCUT2D eigenvalue weighted by Gasteiger charge is -2.30. The van der Waals surface area contributed by atoms with Crippen LogP contribution in [0.2, 0.25) is 5.02 Å². The molecule has 0 fully saturated rings. The smallest absolute Gasteiger partial charge is 0.227 e. The number of carbonyl (C=O) groups is 1. The number of H-pyrrole nitrogens is 1. The second-order valence-corrected chi connectivity index (χ2v) is 8.36. The Labute approximate surface area is 179 Å². The van der Waals surface area contributed by atoms with Crippen LogP contribution in [0.4, 0.5) is 5.69 Å². The molecule has 2 aromatic carbocycles. The number of nitrogens with one attached hydrogen (secondary N) is 1. The molecule has 1 aliphatic rings. The average molecular weight is 428 g/mol. The molecular formula is C22H22ClN3O2S. The molecule has 0 saturated heterocycles. The van der Waals surface area contributed by atoms with Crippen molar-refractivity contribution in [3.63, 3.8) is 0 Å². The van der Waals surface area contributed by atoms with Crippen LogP contribution >= 0.6 is 23.4 Å². The molecule has 0 aliphatic carbocycles. The zero-order valence-electron chi connectivity index (χ0n) is 16.2. The van der Waals surface area contributed by atoms with Gasteiger partial charge in [0, 0.05) is 51.5 Å². The first kappa shape index (κ1) is 19.9. The van der Waals surface area contributed by atoms with E-state index in [1.54, 1.807) is 11.8 Å². The lowest BCUT2D eigenvalue weighted by molar-refractivity contribution is -0.118. The molecule has 2 heterocycles. The van der Waals surface area contributed by atoms with Crippen LogP contribution in [0.15, 0.2) is 53.7 Å². The van der Waals surface area contributed by atoms with E-state index < -0.39 is 0 Å². The molecule has 0 spiro atoms. The Morgan fingerprint density at radius 2 is 2.17 bits per heavy atom. The number of nitrogens with zero attached hydrogens (tertiary/aromatic N) is 2. The topological polar surface area (TPSA) is 58.2 Å². The van der Waals surface area contributed by atoms with E-state index in [0.29, 0.717) is 24.5 Å². The maximum atomic E-state index is 12.9. The summed E-state index contributed by atoms with van der Waals surface area (Å²) in [6.45, 7) is 3.14. The van der Waals surface area contributed by atoms with Crippen LogP contribution in [0.25, 0.3) is 11.1 Å². The summed E-state index contributed by atoms with van der Waals surface area (Å²) in [5.41, 5.74) is 4.05. The van der Waals surface area contributed by atoms with Gasteiger partial charge in [0.25, 0.3) is 0 Å². The van der Waals surface area contributed by atoms with Gasteiger partial charge < -0.3 is 9.64 Å². The lowest BCUT2D eigenvalue weighted by atomic mass is 10.1. The van der Waals surface area contributed by atoms with Crippen molar-refractivity contribution in [2.45, 2.75) is 24.7 Å². The van der Waals surface area contributed by atoms with E-state index in [1.807, 2.05) is 54.5 Å². The predicted molar refractivity (Wildman–Crippen MR) is 118 cm³/mol. The van der Waals surface area contributed by atoms with Crippen LogP contribution in [-0.2, 0) is 4.79 Å². The van der Waals surface area contributed by atoms with Crippen LogP contribution < -0.4 is 9.64 Å². The predicted octanol–water partition coefficient (Wildman–Crippen LogP) is 5.34. The van der Waals surface area contributed by atoms with Gasteiger partial charge in [0.05, 0.1) is 18.5 Å². The number of carbonyl (C=O) groups excluding carboxylic acids is 1. The number of aromatic nitrogens is 2. The summed E-state index contributed by atoms with van der Waals surface area (Å²) in [6.07, 6.45) is 4.79. The molecule has 7 heteroatoms. The van der Waals surface area contributed by atoms with E-state index in [-0.39, 0.29) is 5.91 Å². The average Bonchev–Trinajstić information content (AvgIpc) is 3.27. The molecule has 4 rings (SSSR count). The highest BCUT2D eigenvalue weighted by Crippen LogP contribution is 2.41. The third kappa shape index (κ3) is 4.28. The number of rotatable bonds is 6. The summed E-state index contributed by atoms with van der Waals surface area (Å²) >= 11 is 7.92. The van der Waals surface area contributed by atoms with Gasteiger partial charge in [-0.2, -0.15) is 5.10 Å². The third-order valence-corrected chi connectivity index (χ3v) is 6.48. The fourth-order valence-corrected chi connectivity index (χ4v) is 4.73. The van der Waals surface area contributed by atoms with Crippen molar-refractivity contribution in [2.24, 2.45) is 0 Å². The van der Waals surface area contributed by atoms with E-state index in [0.717, 1.165) is 45.3 Å². The number of benzene rings is 2. The zero-order chi connectivity index (χ0) is 20.2. The zero-order valence-corrected chi connectivity index (χ0v) is 17.7. The van der Waals surface area contributed by atoms with Gasteiger partial charge in [-0.3, -0.25) is 9.89 Å². The van der Waals surface area contributed by atoms with Gasteiger partial charge in [0.2, 0.25) is 5.91 Å². The first-order valence-corrected chi connectivity index (χ1v) is 10.9. The highest BCUT2D eigenvalue weighted by Gasteiger charge is 2.25. The quantitative estimate of drug-likeness (QED) is 0.539. The number of hydrogen-bond acceptors (Lipinski definition) is 4. The Morgan fingerprint density at radius 1 is 1.31 bits per heavy atom. The second-order valence-electron chi connectivity index (χ2n) is 6.85. The highest BCUT2D eigenvalue weighted by molar-refractivity contribution is 7.99. The van der Waals surface area contributed by atoms with Gasteiger partial charge in [-0.05, 0) is 31.5 Å². The van der Waals surface area contributed by atoms with Crippen LogP contribution in [-0.4, -0.2) is 35.0 Å². The van der Waals surface area contributed by atoms with Crippen LogP contribution in [0.5, 0.6) is 5.75 Å². The van der Waals surface area contributed by atoms with Crippen LogP contribution in [0.3, 0.4) is 0 Å². The number of hydrogen-bond donors (Lipinski definition) is 1. The Kier molecular flexibility index (Phi) is 6.11. The van der Waals surface area contributed by atoms with Crippen LogP contribution in [0, 0.1) is 6.92 Å². The minimum absolute atomic E-state index is 0.127. The summed E-state index contributed by atoms with van der Waals surface area (Å²) in [5.74, 6) is 1.78. The Bertz CT molecular complexity index is 1010. The van der Waals surface area contributed by atoms with E-state index in [2.05, 4.69) is 16.3 Å². The van der Waals surface area contributed by atoms with Crippen molar-refractivity contribution >= 4 is 35.0 Å². The number of aromatic amines is 1. The normalized spacial score (nSPS) is 13.2. The first-order chi connectivity index (χ1) is 14.1. The second kappa shape index (κ2) is 8.93. The molecule has 1 aliphatic heterocycles. The maximum absolute atomic E-state index is 12.9. The number of amides is 1. The summed E-state index contributed by atoms with van der Waals surface area (Å²) in [4.78, 5) is 16.0. The minimum atomic E-state index is 0.127. The number of thioether (sulfide) groups is 1. The summed E-state index contributed by atoms with van der Waals surface area (Å²) in [6, 6.07) is 11.7. The Balaban J connectivity index is 1.40. The molecule has 0 saturated carbocycles. The maximum Gasteiger partial charge on any atom is 0.227 e. The van der Waals surface area contributed by atoms with E-state index in [9.17, 15) is 4.79 Å². The largest absolute Gasteiger partial charge is 0.493 e. The van der Waals surface area contributed by atoms with E-state index in [1.165, 1.54) is 0 Å². The van der Waals surface area contributed by atoms with Crippen molar-refractivity contribution < 1.29 is 9.53 Å². The SMILES string of the molecule is Cc1c(Cl)cccc1OCCCC(=O)N1CCSc2c(-c3cn[nH]c3)cccc21. The fourth-order valence-electron chi connectivity index (χ4n) is 3.42. The van der Waals surface area contributed by atoms with Crippen molar-refractivity contribution in [3.05, 3.63) is 59.4 Å². The lowest BCUT2D eigenvalue weighted by Crippen LogP contribution is -2.35. The third-order valence-electron chi connectivity index (χ3n) is 4.97. The number of anilines is 1. The van der Waals surface area contributed by atoms with Gasteiger partial charge in [-0.15, -0.1) is 11.8 Å². The molecule has 0 atom stereocenters. The number of halogens is 1. The number of ether oxygens (including phenoxy) is 1. The monoisotopic (exact) mass is 427 g/mol. The summed E-state index contributed by atoms with van der Waals surface area (Å²) in [5, 5.41) is 7.60. The Hall–Kier alpha value is -2.44. The molecule has 1 amide bonds. The molecule has 29 heavy (non-hydrogen) atoms. The molecule has 0 unspecified atom stereocenters. The number of fused-ring (bicyclic) bond motifs is 1. The van der Waals surface area contributed by atoms with Gasteiger partial charge >= 0.3 is 0 Å². The molecule has 1 N–H and O–H groups in total. The van der Waals surface area contributed by atoms with Crippen molar-refractivity contribution in [2.75, 3.05) is 23.8 Å². The van der Waals surface area contributed by atoms with Gasteiger partial charge in [-0.25, -0.2) is 0 Å². The van der Waals surface area contributed by atoms with Gasteiger partial charge in [-0.1, -0.05) is 29.8 Å². The molecule has 1 aromatic heterocycles. The Morgan fingerprint density at radius 3 is 3.00 bits per heavy atom. The van der Waals surface area contributed by atoms with Crippen molar-refractivity contribution in [3.8, 4) is 16.9 Å². The van der Waals surface area contributed by atoms with Crippen LogP contribution in [0.1, 0.15) is 18.4 Å². The summed E-state index contributed by atoms with van der Waals surface area (Å²) in [7, 11) is 0. The standard InChI is InChI=1S/C22H22ClN3O2S/c1-15-18(23)6-3-8-20(15)28-11-4-9-21(27)26-10-12-29-22-17(5-2-7-19(22)26)16-13-24-25-14-16/h2-3,5-8,13-14H,4,9-12H2,1H3,(H,24,25). The van der Waals surface area contributed by atoms with Gasteiger partial charge in [0.1, 0.15) is 5.75 Å². The van der Waals surface area contributed by atoms with Gasteiger partial charge in [0.15, 0.2) is 0 Å². The molecule has 150 valence electrons. The molecular weight excluding hydrogens is 406 g/mol. The van der Waals surface area contributed by atoms with Crippen molar-refractivity contribution in [1.29, 1.82) is 0 Å². The molecule has 0 bridgehead atoms. The first-order valence-electron chi connectivity index (χ1n) is 9.58. The molecule has 3 aromatic rings. The minimum Gasteiger partial charge on any atom is -0.493 e. The van der Waals surface area contributed by atoms with E-state index in [4.69, 9.17) is 16.3 Å². The van der Waals surface area contributed by atoms with E-state index >= 15 is 0 Å². The molecule has 0 radical (unpaired) electrons.